The van der Waals surface area contributed by atoms with E-state index in [1.165, 1.54) is 23.9 Å². The number of nitrogens with zero attached hydrogens (tertiary/aromatic N) is 4. The largest absolute Gasteiger partial charge is 0.392 e. The van der Waals surface area contributed by atoms with E-state index in [1.54, 1.807) is 23.9 Å². The summed E-state index contributed by atoms with van der Waals surface area (Å²) in [5.74, 6) is 0.169. The first kappa shape index (κ1) is 41.0. The number of benzene rings is 5. The summed E-state index contributed by atoms with van der Waals surface area (Å²) in [5.41, 5.74) is 7.14. The van der Waals surface area contributed by atoms with Gasteiger partial charge in [0.15, 0.2) is 6.29 Å². The van der Waals surface area contributed by atoms with Gasteiger partial charge in [0.2, 0.25) is 21.1 Å². The second kappa shape index (κ2) is 18.6. The van der Waals surface area contributed by atoms with Gasteiger partial charge in [0, 0.05) is 30.8 Å². The van der Waals surface area contributed by atoms with Crippen molar-refractivity contribution in [3.05, 3.63) is 161 Å². The van der Waals surface area contributed by atoms with Crippen LogP contribution in [0.3, 0.4) is 0 Å². The Labute approximate surface area is 343 Å². The minimum absolute atomic E-state index is 0.00326. The van der Waals surface area contributed by atoms with Crippen molar-refractivity contribution in [3.63, 3.8) is 0 Å². The number of carbonyl (C=O) groups excluding carboxylic acids is 1. The van der Waals surface area contributed by atoms with Crippen LogP contribution in [0.2, 0.25) is 0 Å². The molecular weight excluding hydrogens is 773 g/mol. The molecule has 1 saturated heterocycles. The third-order valence-electron chi connectivity index (χ3n) is 10.3. The molecule has 7 rings (SSSR count). The van der Waals surface area contributed by atoms with Gasteiger partial charge in [-0.25, -0.2) is 13.1 Å². The van der Waals surface area contributed by atoms with E-state index >= 15 is 0 Å². The van der Waals surface area contributed by atoms with Gasteiger partial charge in [-0.3, -0.25) is 4.79 Å². The summed E-state index contributed by atoms with van der Waals surface area (Å²) >= 11 is 1.53. The van der Waals surface area contributed by atoms with Crippen LogP contribution in [0.5, 0.6) is 0 Å². The molecule has 0 bridgehead atoms. The number of hydrogen-bond acceptors (Lipinski definition) is 10. The molecule has 1 aliphatic heterocycles. The molecule has 1 aliphatic rings. The lowest BCUT2D eigenvalue weighted by Gasteiger charge is -2.41. The fraction of sp³-hybridized carbons (Fsp3) is 0.273. The molecule has 58 heavy (non-hydrogen) atoms. The Balaban J connectivity index is 1.08. The van der Waals surface area contributed by atoms with Gasteiger partial charge in [-0.2, -0.15) is 4.72 Å². The zero-order valence-corrected chi connectivity index (χ0v) is 34.1. The number of aryl methyl sites for hydroxylation is 2. The zero-order chi connectivity index (χ0) is 40.6. The smallest absolute Gasteiger partial charge is 0.241 e. The predicted molar refractivity (Wildman–Crippen MR) is 222 cm³/mol. The number of carbonyl (C=O) groups is 1. The zero-order valence-electron chi connectivity index (χ0n) is 32.4. The highest BCUT2D eigenvalue weighted by atomic mass is 32.2. The number of aliphatic hydroxyl groups is 1. The number of aliphatic hydroxyl groups excluding tert-OH is 1. The summed E-state index contributed by atoms with van der Waals surface area (Å²) in [5, 5.41) is 25.2. The third-order valence-corrected chi connectivity index (χ3v) is 12.9. The van der Waals surface area contributed by atoms with Crippen LogP contribution in [0.4, 0.5) is 0 Å². The molecule has 5 atom stereocenters. The first-order valence-electron chi connectivity index (χ1n) is 19.0. The Hall–Kier alpha value is -5.22. The van der Waals surface area contributed by atoms with Crippen LogP contribution < -0.4 is 10.0 Å². The number of amides is 1. The van der Waals surface area contributed by atoms with Crippen molar-refractivity contribution >= 4 is 27.7 Å². The fourth-order valence-electron chi connectivity index (χ4n) is 6.90. The molecule has 0 radical (unpaired) electrons. The molecule has 3 N–H and O–H groups in total. The third kappa shape index (κ3) is 9.89. The molecule has 300 valence electrons. The summed E-state index contributed by atoms with van der Waals surface area (Å²) in [6, 6.07) is 38.4. The van der Waals surface area contributed by atoms with E-state index in [0.29, 0.717) is 10.9 Å². The molecule has 14 heteroatoms. The van der Waals surface area contributed by atoms with Crippen LogP contribution in [-0.4, -0.2) is 57.5 Å². The molecule has 2 heterocycles. The monoisotopic (exact) mass is 818 g/mol. The van der Waals surface area contributed by atoms with Crippen LogP contribution in [0.15, 0.2) is 137 Å². The quantitative estimate of drug-likeness (QED) is 0.0982. The maximum absolute atomic E-state index is 13.8. The van der Waals surface area contributed by atoms with Crippen molar-refractivity contribution in [1.82, 2.24) is 30.2 Å². The van der Waals surface area contributed by atoms with Gasteiger partial charge in [0.25, 0.3) is 0 Å². The molecular formula is C44H46N6O6S2. The number of sulfonamides is 1. The Bertz CT molecular complexity index is 2390. The minimum Gasteiger partial charge on any atom is -0.392 e. The molecule has 1 fully saturated rings. The lowest BCUT2D eigenvalue weighted by molar-refractivity contribution is -0.268. The molecule has 12 nitrogen and oxygen atoms in total. The summed E-state index contributed by atoms with van der Waals surface area (Å²) in [7, 11) is -2.18. The van der Waals surface area contributed by atoms with Crippen molar-refractivity contribution < 1.29 is 27.8 Å². The van der Waals surface area contributed by atoms with Gasteiger partial charge in [-0.05, 0) is 69.3 Å². The standard InChI is InChI=1S/C44H46N6O6S2/c1-29-13-23-37(24-14-29)58(53,54)47-39(25-31-9-5-4-6-10-31)42(52)45-26-36-11-7-8-12-38(36)33-19-21-35(22-20-33)43-55-40(28-57-44-46-48-49-50(44)3)30(2)41(56-43)34-17-15-32(27-51)16-18-34/h4-24,30,39-41,43,47,51H,25-28H2,1-3H3,(H,45,52)/t30-,39-,40+,41+,43+/m1/s1. The molecule has 1 amide bonds. The maximum atomic E-state index is 13.8. The van der Waals surface area contributed by atoms with Crippen LogP contribution in [-0.2, 0) is 50.9 Å². The highest BCUT2D eigenvalue weighted by molar-refractivity contribution is 7.99. The topological polar surface area (TPSA) is 158 Å². The number of rotatable bonds is 15. The number of thioether (sulfide) groups is 1. The van der Waals surface area contributed by atoms with E-state index in [4.69, 9.17) is 9.47 Å². The van der Waals surface area contributed by atoms with Gasteiger partial charge in [-0.1, -0.05) is 140 Å². The average molecular weight is 819 g/mol. The summed E-state index contributed by atoms with van der Waals surface area (Å²) in [4.78, 5) is 13.9. The van der Waals surface area contributed by atoms with Gasteiger partial charge in [0.05, 0.1) is 23.7 Å². The molecule has 0 spiro atoms. The molecule has 0 unspecified atom stereocenters. The first-order valence-corrected chi connectivity index (χ1v) is 21.5. The number of nitrogens with one attached hydrogen (secondary N) is 2. The van der Waals surface area contributed by atoms with Crippen LogP contribution in [0.25, 0.3) is 11.1 Å². The van der Waals surface area contributed by atoms with Crippen molar-refractivity contribution in [2.24, 2.45) is 13.0 Å². The normalized spacial score (nSPS) is 18.8. The summed E-state index contributed by atoms with van der Waals surface area (Å²) < 4.78 is 44.4. The molecule has 1 aromatic heterocycles. The Morgan fingerprint density at radius 1 is 0.862 bits per heavy atom. The van der Waals surface area contributed by atoms with E-state index in [0.717, 1.165) is 44.5 Å². The van der Waals surface area contributed by atoms with E-state index in [-0.39, 0.29) is 42.6 Å². The van der Waals surface area contributed by atoms with Gasteiger partial charge >= 0.3 is 0 Å². The SMILES string of the molecule is Cc1ccc(S(=O)(=O)N[C@H](Cc2ccccc2)C(=O)NCc2ccccc2-c2ccc([C@H]3O[C@@H](CSc4nnnn4C)[C@@H](C)[C@@H](c4ccc(CO)cc4)O3)cc2)cc1. The summed E-state index contributed by atoms with van der Waals surface area (Å²) in [6.07, 6.45) is -0.947. The van der Waals surface area contributed by atoms with Crippen LogP contribution in [0.1, 0.15) is 52.7 Å². The Morgan fingerprint density at radius 3 is 2.24 bits per heavy atom. The average Bonchev–Trinajstić information content (AvgIpc) is 3.67. The molecule has 6 aromatic rings. The fourth-order valence-corrected chi connectivity index (χ4v) is 9.11. The Kier molecular flexibility index (Phi) is 13.1. The van der Waals surface area contributed by atoms with E-state index < -0.39 is 28.3 Å². The second-order valence-electron chi connectivity index (χ2n) is 14.4. The van der Waals surface area contributed by atoms with Crippen LogP contribution >= 0.6 is 11.8 Å². The van der Waals surface area contributed by atoms with Crippen molar-refractivity contribution in [2.75, 3.05) is 5.75 Å². The first-order chi connectivity index (χ1) is 28.1. The van der Waals surface area contributed by atoms with E-state index in [9.17, 15) is 18.3 Å². The molecule has 0 saturated carbocycles. The van der Waals surface area contributed by atoms with Crippen LogP contribution in [0, 0.1) is 12.8 Å². The number of hydrogen-bond donors (Lipinski definition) is 3. The van der Waals surface area contributed by atoms with Crippen molar-refractivity contribution in [1.29, 1.82) is 0 Å². The van der Waals surface area contributed by atoms with Crippen molar-refractivity contribution in [3.8, 4) is 11.1 Å². The van der Waals surface area contributed by atoms with E-state index in [2.05, 4.69) is 32.5 Å². The van der Waals surface area contributed by atoms with Gasteiger partial charge in [0.1, 0.15) is 6.04 Å². The van der Waals surface area contributed by atoms with Gasteiger partial charge < -0.3 is 19.9 Å². The van der Waals surface area contributed by atoms with E-state index in [1.807, 2.05) is 110 Å². The number of tetrazole rings is 1. The lowest BCUT2D eigenvalue weighted by Crippen LogP contribution is -2.47. The lowest BCUT2D eigenvalue weighted by atomic mass is 9.91. The highest BCUT2D eigenvalue weighted by Crippen LogP contribution is 2.43. The number of ether oxygens (including phenoxy) is 2. The Morgan fingerprint density at radius 2 is 1.55 bits per heavy atom. The number of aromatic nitrogens is 4. The van der Waals surface area contributed by atoms with Gasteiger partial charge in [-0.15, -0.1) is 5.10 Å². The minimum atomic E-state index is -3.98. The molecule has 5 aromatic carbocycles. The predicted octanol–water partition coefficient (Wildman–Crippen LogP) is 6.47. The highest BCUT2D eigenvalue weighted by Gasteiger charge is 2.38. The second-order valence-corrected chi connectivity index (χ2v) is 17.1. The molecule has 0 aliphatic carbocycles. The maximum Gasteiger partial charge on any atom is 0.241 e. The summed E-state index contributed by atoms with van der Waals surface area (Å²) in [6.45, 7) is 4.14. The van der Waals surface area contributed by atoms with Crippen molar-refractivity contribution in [2.45, 2.75) is 68.0 Å².